The predicted octanol–water partition coefficient (Wildman–Crippen LogP) is 1.82. The molecule has 2 heterocycles. The highest BCUT2D eigenvalue weighted by molar-refractivity contribution is 5.88. The molecule has 0 radical (unpaired) electrons. The Labute approximate surface area is 101 Å². The topological polar surface area (TPSA) is 58.1 Å². The second-order valence-corrected chi connectivity index (χ2v) is 4.35. The number of hydrogen-bond donors (Lipinski definition) is 1. The highest BCUT2D eigenvalue weighted by atomic mass is 16.1. The van der Waals surface area contributed by atoms with Crippen molar-refractivity contribution in [2.75, 3.05) is 23.3 Å². The van der Waals surface area contributed by atoms with Gasteiger partial charge in [0.1, 0.15) is 0 Å². The molecule has 0 bridgehead atoms. The Bertz CT molecular complexity index is 369. The van der Waals surface area contributed by atoms with E-state index < -0.39 is 0 Å². The van der Waals surface area contributed by atoms with Gasteiger partial charge >= 0.3 is 0 Å². The van der Waals surface area contributed by atoms with Gasteiger partial charge in [0, 0.05) is 20.0 Å². The van der Waals surface area contributed by atoms with E-state index in [0.717, 1.165) is 19.0 Å². The minimum absolute atomic E-state index is 0.101. The third-order valence-electron chi connectivity index (χ3n) is 2.85. The minimum Gasteiger partial charge on any atom is -0.341 e. The molecular formula is C12H18N4O. The van der Waals surface area contributed by atoms with Crippen LogP contribution >= 0.6 is 0 Å². The molecule has 1 aliphatic heterocycles. The van der Waals surface area contributed by atoms with Gasteiger partial charge < -0.3 is 10.2 Å². The van der Waals surface area contributed by atoms with Gasteiger partial charge in [-0.2, -0.15) is 0 Å². The summed E-state index contributed by atoms with van der Waals surface area (Å²) in [4.78, 5) is 21.7. The lowest BCUT2D eigenvalue weighted by molar-refractivity contribution is -0.114. The molecule has 1 amide bonds. The van der Waals surface area contributed by atoms with E-state index >= 15 is 0 Å². The molecule has 5 nitrogen and oxygen atoms in total. The van der Waals surface area contributed by atoms with Crippen molar-refractivity contribution in [3.8, 4) is 0 Å². The van der Waals surface area contributed by atoms with Crippen LogP contribution in [0.3, 0.4) is 0 Å². The van der Waals surface area contributed by atoms with Crippen molar-refractivity contribution < 1.29 is 4.79 Å². The molecule has 1 fully saturated rings. The van der Waals surface area contributed by atoms with Gasteiger partial charge in [0.2, 0.25) is 11.9 Å². The summed E-state index contributed by atoms with van der Waals surface area (Å²) in [5.41, 5.74) is 0.649. The normalized spacial score (nSPS) is 16.4. The first-order chi connectivity index (χ1) is 8.25. The third kappa shape index (κ3) is 3.41. The third-order valence-corrected chi connectivity index (χ3v) is 2.85. The van der Waals surface area contributed by atoms with Crippen molar-refractivity contribution in [2.24, 2.45) is 0 Å². The molecule has 0 saturated carbocycles. The molecule has 0 aliphatic carbocycles. The molecule has 17 heavy (non-hydrogen) atoms. The van der Waals surface area contributed by atoms with E-state index in [1.807, 2.05) is 0 Å². The van der Waals surface area contributed by atoms with Gasteiger partial charge in [0.15, 0.2) is 0 Å². The summed E-state index contributed by atoms with van der Waals surface area (Å²) in [6.07, 6.45) is 8.32. The van der Waals surface area contributed by atoms with Crippen LogP contribution in [0.4, 0.5) is 11.6 Å². The van der Waals surface area contributed by atoms with Crippen LogP contribution < -0.4 is 10.2 Å². The van der Waals surface area contributed by atoms with Gasteiger partial charge in [-0.25, -0.2) is 9.97 Å². The Morgan fingerprint density at radius 1 is 1.18 bits per heavy atom. The molecule has 1 saturated heterocycles. The first-order valence-corrected chi connectivity index (χ1v) is 6.10. The first-order valence-electron chi connectivity index (χ1n) is 6.10. The van der Waals surface area contributed by atoms with Gasteiger partial charge in [0.05, 0.1) is 18.1 Å². The molecule has 92 valence electrons. The Morgan fingerprint density at radius 3 is 2.29 bits per heavy atom. The molecule has 1 aromatic rings. The molecule has 1 N–H and O–H groups in total. The van der Waals surface area contributed by atoms with Gasteiger partial charge in [-0.15, -0.1) is 0 Å². The number of carbonyl (C=O) groups is 1. The lowest BCUT2D eigenvalue weighted by atomic mass is 10.2. The molecule has 1 aromatic heterocycles. The quantitative estimate of drug-likeness (QED) is 0.848. The van der Waals surface area contributed by atoms with Crippen molar-refractivity contribution >= 4 is 17.5 Å². The summed E-state index contributed by atoms with van der Waals surface area (Å²) in [7, 11) is 0. The number of aromatic nitrogens is 2. The van der Waals surface area contributed by atoms with Gasteiger partial charge in [0.25, 0.3) is 0 Å². The van der Waals surface area contributed by atoms with Crippen molar-refractivity contribution in [1.82, 2.24) is 9.97 Å². The van der Waals surface area contributed by atoms with E-state index in [1.54, 1.807) is 12.4 Å². The van der Waals surface area contributed by atoms with E-state index in [-0.39, 0.29) is 5.91 Å². The lowest BCUT2D eigenvalue weighted by Gasteiger charge is -2.19. The number of amides is 1. The fourth-order valence-electron chi connectivity index (χ4n) is 2.02. The van der Waals surface area contributed by atoms with Gasteiger partial charge in [-0.3, -0.25) is 4.79 Å². The first kappa shape index (κ1) is 11.8. The molecule has 0 spiro atoms. The Balaban J connectivity index is 2.03. The van der Waals surface area contributed by atoms with Crippen LogP contribution in [-0.2, 0) is 4.79 Å². The molecule has 1 aliphatic rings. The smallest absolute Gasteiger partial charge is 0.225 e. The van der Waals surface area contributed by atoms with Crippen molar-refractivity contribution in [2.45, 2.75) is 32.6 Å². The number of hydrogen-bond acceptors (Lipinski definition) is 4. The summed E-state index contributed by atoms with van der Waals surface area (Å²) in [5, 5.41) is 2.66. The number of rotatable bonds is 2. The summed E-state index contributed by atoms with van der Waals surface area (Å²) in [6.45, 7) is 3.53. The van der Waals surface area contributed by atoms with Crippen molar-refractivity contribution in [3.05, 3.63) is 12.4 Å². The van der Waals surface area contributed by atoms with Gasteiger partial charge in [-0.05, 0) is 12.8 Å². The molecule has 0 aromatic carbocycles. The zero-order valence-electron chi connectivity index (χ0n) is 10.1. The summed E-state index contributed by atoms with van der Waals surface area (Å²) >= 11 is 0. The second kappa shape index (κ2) is 5.61. The largest absolute Gasteiger partial charge is 0.341 e. The van der Waals surface area contributed by atoms with Crippen LogP contribution in [0.15, 0.2) is 12.4 Å². The van der Waals surface area contributed by atoms with Crippen LogP contribution in [0, 0.1) is 0 Å². The maximum Gasteiger partial charge on any atom is 0.225 e. The highest BCUT2D eigenvalue weighted by Gasteiger charge is 2.11. The molecule has 0 atom stereocenters. The fourth-order valence-corrected chi connectivity index (χ4v) is 2.02. The highest BCUT2D eigenvalue weighted by Crippen LogP contribution is 2.16. The average molecular weight is 234 g/mol. The summed E-state index contributed by atoms with van der Waals surface area (Å²) in [5.74, 6) is 0.664. The molecular weight excluding hydrogens is 216 g/mol. The lowest BCUT2D eigenvalue weighted by Crippen LogP contribution is -2.25. The zero-order chi connectivity index (χ0) is 12.1. The minimum atomic E-state index is -0.101. The monoisotopic (exact) mass is 234 g/mol. The number of carbonyl (C=O) groups excluding carboxylic acids is 1. The molecule has 5 heteroatoms. The number of nitrogens with zero attached hydrogens (tertiary/aromatic N) is 3. The maximum atomic E-state index is 10.9. The van der Waals surface area contributed by atoms with Crippen LogP contribution in [0.5, 0.6) is 0 Å². The van der Waals surface area contributed by atoms with E-state index in [0.29, 0.717) is 5.69 Å². The fraction of sp³-hybridized carbons (Fsp3) is 0.583. The van der Waals surface area contributed by atoms with Crippen molar-refractivity contribution in [1.29, 1.82) is 0 Å². The Morgan fingerprint density at radius 2 is 1.76 bits per heavy atom. The second-order valence-electron chi connectivity index (χ2n) is 4.35. The predicted molar refractivity (Wildman–Crippen MR) is 67.0 cm³/mol. The van der Waals surface area contributed by atoms with Crippen LogP contribution in [0.1, 0.15) is 32.6 Å². The van der Waals surface area contributed by atoms with Gasteiger partial charge in [-0.1, -0.05) is 12.8 Å². The van der Waals surface area contributed by atoms with E-state index in [4.69, 9.17) is 0 Å². The summed E-state index contributed by atoms with van der Waals surface area (Å²) < 4.78 is 0. The Hall–Kier alpha value is -1.65. The molecule has 0 unspecified atom stereocenters. The number of anilines is 2. The number of nitrogens with one attached hydrogen (secondary N) is 1. The maximum absolute atomic E-state index is 10.9. The van der Waals surface area contributed by atoms with Crippen LogP contribution in [-0.4, -0.2) is 29.0 Å². The SMILES string of the molecule is CC(=O)Nc1cnc(N2CCCCCC2)nc1. The summed E-state index contributed by atoms with van der Waals surface area (Å²) in [6, 6.07) is 0. The Kier molecular flexibility index (Phi) is 3.90. The average Bonchev–Trinajstić information content (AvgIpc) is 2.58. The van der Waals surface area contributed by atoms with E-state index in [9.17, 15) is 4.79 Å². The van der Waals surface area contributed by atoms with Crippen LogP contribution in [0.2, 0.25) is 0 Å². The van der Waals surface area contributed by atoms with E-state index in [1.165, 1.54) is 32.6 Å². The standard InChI is InChI=1S/C12H18N4O/c1-10(17)15-11-8-13-12(14-9-11)16-6-4-2-3-5-7-16/h8-9H,2-7H2,1H3,(H,15,17). The zero-order valence-corrected chi connectivity index (χ0v) is 10.1. The van der Waals surface area contributed by atoms with E-state index in [2.05, 4.69) is 20.2 Å². The molecule has 2 rings (SSSR count). The van der Waals surface area contributed by atoms with Crippen molar-refractivity contribution in [3.63, 3.8) is 0 Å². The van der Waals surface area contributed by atoms with Crippen LogP contribution in [0.25, 0.3) is 0 Å².